The van der Waals surface area contributed by atoms with Crippen molar-refractivity contribution in [3.63, 3.8) is 0 Å². The van der Waals surface area contributed by atoms with Crippen LogP contribution in [-0.4, -0.2) is 25.0 Å². The summed E-state index contributed by atoms with van der Waals surface area (Å²) in [6.45, 7) is 5.39. The lowest BCUT2D eigenvalue weighted by atomic mass is 9.87. The maximum atomic E-state index is 11.9. The van der Waals surface area contributed by atoms with E-state index in [1.165, 1.54) is 32.1 Å². The van der Waals surface area contributed by atoms with Crippen LogP contribution in [-0.2, 0) is 9.59 Å². The van der Waals surface area contributed by atoms with E-state index in [2.05, 4.69) is 24.5 Å². The molecule has 0 atom stereocenters. The van der Waals surface area contributed by atoms with Crippen molar-refractivity contribution in [2.24, 2.45) is 11.8 Å². The Morgan fingerprint density at radius 3 is 2.40 bits per heavy atom. The van der Waals surface area contributed by atoms with Gasteiger partial charge >= 0.3 is 11.8 Å². The Balaban J connectivity index is 1.69. The second kappa shape index (κ2) is 10.1. The molecule has 0 unspecified atom stereocenters. The van der Waals surface area contributed by atoms with E-state index < -0.39 is 11.8 Å². The van der Waals surface area contributed by atoms with E-state index in [4.69, 9.17) is 4.74 Å². The normalized spacial score (nSPS) is 15.0. The fourth-order valence-corrected chi connectivity index (χ4v) is 3.03. The van der Waals surface area contributed by atoms with Gasteiger partial charge in [0, 0.05) is 12.2 Å². The molecule has 1 aromatic carbocycles. The molecule has 138 valence electrons. The summed E-state index contributed by atoms with van der Waals surface area (Å²) in [5, 5.41) is 5.33. The van der Waals surface area contributed by atoms with Crippen molar-refractivity contribution in [3.8, 4) is 5.75 Å². The number of hydrogen-bond acceptors (Lipinski definition) is 3. The topological polar surface area (TPSA) is 67.4 Å². The number of amides is 2. The van der Waals surface area contributed by atoms with Crippen molar-refractivity contribution in [1.29, 1.82) is 0 Å². The van der Waals surface area contributed by atoms with E-state index >= 15 is 0 Å². The summed E-state index contributed by atoms with van der Waals surface area (Å²) in [5.74, 6) is 0.700. The second-order valence-corrected chi connectivity index (χ2v) is 7.23. The van der Waals surface area contributed by atoms with Gasteiger partial charge in [0.1, 0.15) is 5.75 Å². The van der Waals surface area contributed by atoms with Crippen LogP contribution in [0.1, 0.15) is 52.4 Å². The summed E-state index contributed by atoms with van der Waals surface area (Å²) in [4.78, 5) is 23.8. The Hall–Kier alpha value is -2.04. The molecule has 1 saturated carbocycles. The van der Waals surface area contributed by atoms with E-state index in [9.17, 15) is 9.59 Å². The van der Waals surface area contributed by atoms with Crippen LogP contribution in [0, 0.1) is 11.8 Å². The molecule has 0 bridgehead atoms. The predicted octanol–water partition coefficient (Wildman–Crippen LogP) is 3.75. The van der Waals surface area contributed by atoms with Crippen LogP contribution in [0.2, 0.25) is 0 Å². The largest absolute Gasteiger partial charge is 0.493 e. The number of hydrogen-bond donors (Lipinski definition) is 2. The zero-order valence-electron chi connectivity index (χ0n) is 15.3. The molecule has 0 spiro atoms. The van der Waals surface area contributed by atoms with E-state index in [-0.39, 0.29) is 0 Å². The number of anilines is 1. The summed E-state index contributed by atoms with van der Waals surface area (Å²) >= 11 is 0. The molecule has 5 heteroatoms. The first kappa shape index (κ1) is 19.3. The van der Waals surface area contributed by atoms with Gasteiger partial charge in [-0.25, -0.2) is 0 Å². The minimum absolute atomic E-state index is 0.455. The van der Waals surface area contributed by atoms with Crippen LogP contribution in [0.25, 0.3) is 0 Å². The molecule has 0 radical (unpaired) electrons. The summed E-state index contributed by atoms with van der Waals surface area (Å²) in [7, 11) is 0. The van der Waals surface area contributed by atoms with Crippen LogP contribution >= 0.6 is 0 Å². The Labute approximate surface area is 150 Å². The van der Waals surface area contributed by atoms with Gasteiger partial charge in [-0.2, -0.15) is 0 Å². The standard InChI is InChI=1S/C20H30N2O3/c1-15(2)14-25-18-10-8-17(9-11-18)22-20(24)19(23)21-13-12-16-6-4-3-5-7-16/h8-11,15-16H,3-7,12-14H2,1-2H3,(H,21,23)(H,22,24). The van der Waals surface area contributed by atoms with Crippen LogP contribution in [0.5, 0.6) is 5.75 Å². The fraction of sp³-hybridized carbons (Fsp3) is 0.600. The summed E-state index contributed by atoms with van der Waals surface area (Å²) in [5.41, 5.74) is 0.587. The van der Waals surface area contributed by atoms with E-state index in [1.54, 1.807) is 24.3 Å². The quantitative estimate of drug-likeness (QED) is 0.739. The summed E-state index contributed by atoms with van der Waals surface area (Å²) in [6.07, 6.45) is 7.35. The number of carbonyl (C=O) groups excluding carboxylic acids is 2. The molecular formula is C20H30N2O3. The van der Waals surface area contributed by atoms with E-state index in [1.807, 2.05) is 0 Å². The molecule has 2 rings (SSSR count). The van der Waals surface area contributed by atoms with Gasteiger partial charge in [0.2, 0.25) is 0 Å². The lowest BCUT2D eigenvalue weighted by molar-refractivity contribution is -0.136. The van der Waals surface area contributed by atoms with Gasteiger partial charge in [0.15, 0.2) is 0 Å². The molecule has 25 heavy (non-hydrogen) atoms. The number of carbonyl (C=O) groups is 2. The zero-order chi connectivity index (χ0) is 18.1. The third kappa shape index (κ3) is 7.16. The second-order valence-electron chi connectivity index (χ2n) is 7.23. The molecule has 0 aliphatic heterocycles. The lowest BCUT2D eigenvalue weighted by Crippen LogP contribution is -2.36. The lowest BCUT2D eigenvalue weighted by Gasteiger charge is -2.21. The van der Waals surface area contributed by atoms with E-state index in [0.29, 0.717) is 30.7 Å². The average Bonchev–Trinajstić information content (AvgIpc) is 2.62. The van der Waals surface area contributed by atoms with Gasteiger partial charge in [-0.1, -0.05) is 46.0 Å². The number of nitrogens with one attached hydrogen (secondary N) is 2. The monoisotopic (exact) mass is 346 g/mol. The van der Waals surface area contributed by atoms with Gasteiger partial charge < -0.3 is 15.4 Å². The molecular weight excluding hydrogens is 316 g/mol. The molecule has 0 saturated heterocycles. The van der Waals surface area contributed by atoms with Gasteiger partial charge in [0.25, 0.3) is 0 Å². The average molecular weight is 346 g/mol. The first-order valence-corrected chi connectivity index (χ1v) is 9.36. The van der Waals surface area contributed by atoms with Gasteiger partial charge in [-0.15, -0.1) is 0 Å². The molecule has 5 nitrogen and oxygen atoms in total. The minimum atomic E-state index is -0.625. The first-order chi connectivity index (χ1) is 12.0. The molecule has 1 aromatic rings. The van der Waals surface area contributed by atoms with Crippen LogP contribution in [0.3, 0.4) is 0 Å². The smallest absolute Gasteiger partial charge is 0.313 e. The first-order valence-electron chi connectivity index (χ1n) is 9.36. The molecule has 1 aliphatic carbocycles. The minimum Gasteiger partial charge on any atom is -0.493 e. The number of benzene rings is 1. The SMILES string of the molecule is CC(C)COc1ccc(NC(=O)C(=O)NCCC2CCCCC2)cc1. The van der Waals surface area contributed by atoms with Crippen molar-refractivity contribution in [2.45, 2.75) is 52.4 Å². The highest BCUT2D eigenvalue weighted by Crippen LogP contribution is 2.25. The number of ether oxygens (including phenoxy) is 1. The third-order valence-electron chi connectivity index (χ3n) is 4.46. The Morgan fingerprint density at radius 1 is 1.08 bits per heavy atom. The molecule has 0 aromatic heterocycles. The highest BCUT2D eigenvalue weighted by molar-refractivity contribution is 6.39. The van der Waals surface area contributed by atoms with Crippen LogP contribution < -0.4 is 15.4 Å². The zero-order valence-corrected chi connectivity index (χ0v) is 15.3. The van der Waals surface area contributed by atoms with Crippen LogP contribution in [0.4, 0.5) is 5.69 Å². The maximum Gasteiger partial charge on any atom is 0.313 e. The molecule has 2 N–H and O–H groups in total. The van der Waals surface area contributed by atoms with Crippen molar-refractivity contribution in [1.82, 2.24) is 5.32 Å². The molecule has 0 heterocycles. The number of rotatable bonds is 7. The predicted molar refractivity (Wildman–Crippen MR) is 99.6 cm³/mol. The Bertz CT molecular complexity index is 549. The van der Waals surface area contributed by atoms with E-state index in [0.717, 1.165) is 12.2 Å². The summed E-state index contributed by atoms with van der Waals surface area (Å²) in [6, 6.07) is 7.06. The van der Waals surface area contributed by atoms with Crippen molar-refractivity contribution < 1.29 is 14.3 Å². The third-order valence-corrected chi connectivity index (χ3v) is 4.46. The van der Waals surface area contributed by atoms with Crippen molar-refractivity contribution >= 4 is 17.5 Å². The van der Waals surface area contributed by atoms with Crippen molar-refractivity contribution in [2.75, 3.05) is 18.5 Å². The van der Waals surface area contributed by atoms with Gasteiger partial charge in [0.05, 0.1) is 6.61 Å². The summed E-state index contributed by atoms with van der Waals surface area (Å²) < 4.78 is 5.59. The van der Waals surface area contributed by atoms with Crippen molar-refractivity contribution in [3.05, 3.63) is 24.3 Å². The maximum absolute atomic E-state index is 11.9. The van der Waals surface area contributed by atoms with Crippen LogP contribution in [0.15, 0.2) is 24.3 Å². The Morgan fingerprint density at radius 2 is 1.76 bits per heavy atom. The Kier molecular flexibility index (Phi) is 7.76. The highest BCUT2D eigenvalue weighted by Gasteiger charge is 2.16. The molecule has 1 fully saturated rings. The van der Waals surface area contributed by atoms with Gasteiger partial charge in [-0.3, -0.25) is 9.59 Å². The molecule has 1 aliphatic rings. The highest BCUT2D eigenvalue weighted by atomic mass is 16.5. The molecule has 2 amide bonds. The fourth-order valence-electron chi connectivity index (χ4n) is 3.03. The van der Waals surface area contributed by atoms with Gasteiger partial charge in [-0.05, 0) is 42.5 Å².